The van der Waals surface area contributed by atoms with Crippen LogP contribution < -0.4 is 21.1 Å². The van der Waals surface area contributed by atoms with Gasteiger partial charge in [0.15, 0.2) is 9.84 Å². The van der Waals surface area contributed by atoms with Gasteiger partial charge in [-0.15, -0.1) is 0 Å². The maximum Gasteiger partial charge on any atom is 0.182 e. The van der Waals surface area contributed by atoms with Crippen molar-refractivity contribution >= 4 is 21.5 Å². The fourth-order valence-corrected chi connectivity index (χ4v) is 6.78. The number of hydrogen-bond acceptors (Lipinski definition) is 9. The molecular weight excluding hydrogens is 500 g/mol. The lowest BCUT2D eigenvalue weighted by Crippen LogP contribution is -2.31. The fourth-order valence-electron chi connectivity index (χ4n) is 5.20. The molecule has 0 saturated carbocycles. The van der Waals surface area contributed by atoms with Crippen molar-refractivity contribution < 1.29 is 13.2 Å². The van der Waals surface area contributed by atoms with Gasteiger partial charge in [-0.25, -0.2) is 23.4 Å². The van der Waals surface area contributed by atoms with Crippen molar-refractivity contribution in [2.75, 3.05) is 29.5 Å². The molecular formula is C28H36N6O3S. The molecule has 3 heterocycles. The summed E-state index contributed by atoms with van der Waals surface area (Å²) in [6.07, 6.45) is 6.65. The Hall–Kier alpha value is -3.24. The lowest BCUT2D eigenvalue weighted by Gasteiger charge is -2.33. The Morgan fingerprint density at radius 1 is 1.16 bits per heavy atom. The minimum atomic E-state index is -3.62. The predicted molar refractivity (Wildman–Crippen MR) is 149 cm³/mol. The van der Waals surface area contributed by atoms with Crippen LogP contribution in [0.4, 0.5) is 11.6 Å². The van der Waals surface area contributed by atoms with Gasteiger partial charge in [0.2, 0.25) is 0 Å². The molecule has 10 heteroatoms. The standard InChI is InChI=1S/C28H36N6O3S/c1-18(29)7-11-38(35,36)25-13-20(15-31-26(25)30)19-4-5-24-21(12-19)16-34(9-10-37-24)27-22-14-28(2,3)8-6-23(22)32-17-33-27/h4-5,12-13,15,17-18H,6-11,14,16,29H2,1-3H3,(H2,30,31). The Morgan fingerprint density at radius 3 is 2.76 bits per heavy atom. The zero-order valence-electron chi connectivity index (χ0n) is 22.3. The minimum Gasteiger partial charge on any atom is -0.491 e. The summed E-state index contributed by atoms with van der Waals surface area (Å²) in [4.78, 5) is 15.8. The monoisotopic (exact) mass is 536 g/mol. The smallest absolute Gasteiger partial charge is 0.182 e. The van der Waals surface area contributed by atoms with Crippen molar-refractivity contribution in [3.05, 3.63) is 53.6 Å². The quantitative estimate of drug-likeness (QED) is 0.484. The van der Waals surface area contributed by atoms with Crippen LogP contribution in [-0.2, 0) is 29.2 Å². The third-order valence-corrected chi connectivity index (χ3v) is 9.21. The largest absolute Gasteiger partial charge is 0.491 e. The number of sulfone groups is 1. The van der Waals surface area contributed by atoms with Crippen LogP contribution >= 0.6 is 0 Å². The third-order valence-electron chi connectivity index (χ3n) is 7.44. The molecule has 1 aromatic carbocycles. The molecule has 0 saturated heterocycles. The van der Waals surface area contributed by atoms with Crippen molar-refractivity contribution in [3.8, 4) is 16.9 Å². The molecule has 202 valence electrons. The summed E-state index contributed by atoms with van der Waals surface area (Å²) in [6, 6.07) is 7.29. The number of aryl methyl sites for hydroxylation is 1. The topological polar surface area (TPSA) is 137 Å². The van der Waals surface area contributed by atoms with Crippen molar-refractivity contribution in [2.45, 2.75) is 63.9 Å². The average molecular weight is 537 g/mol. The molecule has 4 N–H and O–H groups in total. The van der Waals surface area contributed by atoms with Crippen molar-refractivity contribution in [2.24, 2.45) is 11.1 Å². The number of pyridine rings is 1. The van der Waals surface area contributed by atoms with Crippen LogP contribution in [0.3, 0.4) is 0 Å². The van der Waals surface area contributed by atoms with Gasteiger partial charge >= 0.3 is 0 Å². The highest BCUT2D eigenvalue weighted by atomic mass is 32.2. The fraction of sp³-hybridized carbons (Fsp3) is 0.464. The van der Waals surface area contributed by atoms with Crippen LogP contribution in [0, 0.1) is 5.41 Å². The maximum absolute atomic E-state index is 13.0. The number of ether oxygens (including phenoxy) is 1. The van der Waals surface area contributed by atoms with E-state index in [2.05, 4.69) is 28.7 Å². The van der Waals surface area contributed by atoms with E-state index >= 15 is 0 Å². The number of rotatable bonds is 6. The van der Waals surface area contributed by atoms with Gasteiger partial charge in [0.25, 0.3) is 0 Å². The van der Waals surface area contributed by atoms with E-state index in [9.17, 15) is 8.42 Å². The van der Waals surface area contributed by atoms with Gasteiger partial charge in [0, 0.05) is 41.2 Å². The molecule has 1 aliphatic carbocycles. The van der Waals surface area contributed by atoms with Gasteiger partial charge in [-0.3, -0.25) is 0 Å². The van der Waals surface area contributed by atoms with Gasteiger partial charge < -0.3 is 21.1 Å². The lowest BCUT2D eigenvalue weighted by atomic mass is 9.76. The Morgan fingerprint density at radius 2 is 1.97 bits per heavy atom. The van der Waals surface area contributed by atoms with E-state index in [0.29, 0.717) is 31.7 Å². The average Bonchev–Trinajstić information content (AvgIpc) is 3.09. The summed E-state index contributed by atoms with van der Waals surface area (Å²) in [7, 11) is -3.62. The molecule has 0 spiro atoms. The van der Waals surface area contributed by atoms with Crippen LogP contribution in [0.2, 0.25) is 0 Å². The van der Waals surface area contributed by atoms with Gasteiger partial charge in [-0.2, -0.15) is 0 Å². The van der Waals surface area contributed by atoms with E-state index < -0.39 is 9.84 Å². The highest BCUT2D eigenvalue weighted by molar-refractivity contribution is 7.91. The summed E-state index contributed by atoms with van der Waals surface area (Å²) in [6.45, 7) is 8.25. The number of aromatic nitrogens is 3. The Labute approximate surface area is 224 Å². The van der Waals surface area contributed by atoms with E-state index in [4.69, 9.17) is 21.2 Å². The number of nitrogen functional groups attached to an aromatic ring is 1. The number of nitrogens with two attached hydrogens (primary N) is 2. The van der Waals surface area contributed by atoms with Gasteiger partial charge in [0.1, 0.15) is 35.2 Å². The van der Waals surface area contributed by atoms with E-state index in [0.717, 1.165) is 47.7 Å². The SMILES string of the molecule is CC(N)CCS(=O)(=O)c1cc(-c2ccc3c(c2)CN(c2ncnc4c2CC(C)(C)CC4)CCO3)cnc1N. The maximum atomic E-state index is 13.0. The van der Waals surface area contributed by atoms with Gasteiger partial charge in [0.05, 0.1) is 12.3 Å². The Balaban J connectivity index is 1.47. The first-order valence-electron chi connectivity index (χ1n) is 13.1. The number of fused-ring (bicyclic) bond motifs is 2. The van der Waals surface area contributed by atoms with Gasteiger partial charge in [-0.05, 0) is 61.8 Å². The van der Waals surface area contributed by atoms with Crippen molar-refractivity contribution in [3.63, 3.8) is 0 Å². The second-order valence-corrected chi connectivity index (χ2v) is 13.3. The van der Waals surface area contributed by atoms with Crippen molar-refractivity contribution in [1.29, 1.82) is 0 Å². The van der Waals surface area contributed by atoms with Crippen LogP contribution in [-0.4, -0.2) is 48.3 Å². The highest BCUT2D eigenvalue weighted by Gasteiger charge is 2.31. The van der Waals surface area contributed by atoms with Gasteiger partial charge in [-0.1, -0.05) is 19.9 Å². The Bertz CT molecular complexity index is 1450. The first-order valence-corrected chi connectivity index (χ1v) is 14.8. The second-order valence-electron chi connectivity index (χ2n) is 11.2. The summed E-state index contributed by atoms with van der Waals surface area (Å²) >= 11 is 0. The van der Waals surface area contributed by atoms with Crippen LogP contribution in [0.5, 0.6) is 5.75 Å². The number of nitrogens with zero attached hydrogens (tertiary/aromatic N) is 4. The molecule has 0 amide bonds. The molecule has 0 fully saturated rings. The zero-order valence-corrected chi connectivity index (χ0v) is 23.1. The molecule has 1 atom stereocenters. The summed E-state index contributed by atoms with van der Waals surface area (Å²) in [5, 5.41) is 0. The number of benzene rings is 1. The molecule has 5 rings (SSSR count). The molecule has 0 bridgehead atoms. The molecule has 1 unspecified atom stereocenters. The van der Waals surface area contributed by atoms with Crippen LogP contribution in [0.15, 0.2) is 41.7 Å². The summed E-state index contributed by atoms with van der Waals surface area (Å²) < 4.78 is 32.0. The molecule has 9 nitrogen and oxygen atoms in total. The summed E-state index contributed by atoms with van der Waals surface area (Å²) in [5.74, 6) is 1.71. The first-order chi connectivity index (χ1) is 18.0. The zero-order chi connectivity index (χ0) is 27.1. The van der Waals surface area contributed by atoms with E-state index in [1.807, 2.05) is 18.2 Å². The molecule has 3 aromatic rings. The normalized spacial score (nSPS) is 17.6. The number of hydrogen-bond donors (Lipinski definition) is 2. The Kier molecular flexibility index (Phi) is 7.04. The van der Waals surface area contributed by atoms with Crippen molar-refractivity contribution in [1.82, 2.24) is 15.0 Å². The predicted octanol–water partition coefficient (Wildman–Crippen LogP) is 3.55. The second kappa shape index (κ2) is 10.1. The molecule has 2 aromatic heterocycles. The molecule has 38 heavy (non-hydrogen) atoms. The third kappa shape index (κ3) is 5.47. The minimum absolute atomic E-state index is 0.000785. The van der Waals surface area contributed by atoms with Crippen LogP contribution in [0.1, 0.15) is 50.4 Å². The van der Waals surface area contributed by atoms with E-state index in [1.54, 1.807) is 25.5 Å². The van der Waals surface area contributed by atoms with E-state index in [-0.39, 0.29) is 27.9 Å². The summed E-state index contributed by atoms with van der Waals surface area (Å²) in [5.41, 5.74) is 16.9. The lowest BCUT2D eigenvalue weighted by molar-refractivity contribution is 0.310. The number of anilines is 2. The molecule has 2 aliphatic rings. The first kappa shape index (κ1) is 26.4. The molecule has 1 aliphatic heterocycles. The highest BCUT2D eigenvalue weighted by Crippen LogP contribution is 2.39. The molecule has 0 radical (unpaired) electrons. The van der Waals surface area contributed by atoms with E-state index in [1.165, 1.54) is 5.56 Å². The van der Waals surface area contributed by atoms with Crippen LogP contribution in [0.25, 0.3) is 11.1 Å².